The van der Waals surface area contributed by atoms with Crippen LogP contribution in [0.15, 0.2) is 29.2 Å². The minimum absolute atomic E-state index is 0.284. The Hall–Kier alpha value is -0.510. The van der Waals surface area contributed by atoms with E-state index in [4.69, 9.17) is 5.11 Å². The lowest BCUT2D eigenvalue weighted by atomic mass is 10.1. The van der Waals surface area contributed by atoms with Crippen LogP contribution in [0.1, 0.15) is 18.9 Å². The number of aliphatic hydroxyl groups is 1. The van der Waals surface area contributed by atoms with Crippen molar-refractivity contribution in [2.45, 2.75) is 24.7 Å². The second-order valence-electron chi connectivity index (χ2n) is 4.26. The highest BCUT2D eigenvalue weighted by molar-refractivity contribution is 7.98. The Morgan fingerprint density at radius 3 is 2.53 bits per heavy atom. The Kier molecular flexibility index (Phi) is 7.33. The summed E-state index contributed by atoms with van der Waals surface area (Å²) in [5.41, 5.74) is 1.37. The van der Waals surface area contributed by atoms with Gasteiger partial charge in [-0.1, -0.05) is 19.1 Å². The molecule has 0 aliphatic heterocycles. The summed E-state index contributed by atoms with van der Waals surface area (Å²) in [4.78, 5) is 1.31. The van der Waals surface area contributed by atoms with E-state index in [-0.39, 0.29) is 6.61 Å². The Morgan fingerprint density at radius 1 is 1.29 bits per heavy atom. The fourth-order valence-electron chi connectivity index (χ4n) is 1.67. The first-order chi connectivity index (χ1) is 8.30. The SMILES string of the molecule is CCC(CO)CNCCc1ccc(SC)cc1. The van der Waals surface area contributed by atoms with Crippen LogP contribution in [0.3, 0.4) is 0 Å². The van der Waals surface area contributed by atoms with Gasteiger partial charge in [-0.3, -0.25) is 0 Å². The van der Waals surface area contributed by atoms with Gasteiger partial charge in [0.2, 0.25) is 0 Å². The van der Waals surface area contributed by atoms with Crippen LogP contribution in [0.2, 0.25) is 0 Å². The highest BCUT2D eigenvalue weighted by Crippen LogP contribution is 2.14. The third kappa shape index (κ3) is 5.57. The maximum atomic E-state index is 9.06. The first kappa shape index (κ1) is 14.6. The molecule has 0 aliphatic rings. The van der Waals surface area contributed by atoms with Gasteiger partial charge in [-0.2, -0.15) is 0 Å². The molecule has 96 valence electrons. The van der Waals surface area contributed by atoms with Crippen molar-refractivity contribution < 1.29 is 5.11 Å². The maximum absolute atomic E-state index is 9.06. The van der Waals surface area contributed by atoms with E-state index in [1.165, 1.54) is 10.5 Å². The molecule has 1 aromatic carbocycles. The summed E-state index contributed by atoms with van der Waals surface area (Å²) in [6.07, 6.45) is 4.18. The van der Waals surface area contributed by atoms with Crippen LogP contribution in [0.4, 0.5) is 0 Å². The summed E-state index contributed by atoms with van der Waals surface area (Å²) in [6, 6.07) is 8.72. The zero-order valence-electron chi connectivity index (χ0n) is 10.8. The van der Waals surface area contributed by atoms with Gasteiger partial charge in [-0.15, -0.1) is 11.8 Å². The number of nitrogens with one attached hydrogen (secondary N) is 1. The molecule has 1 rings (SSSR count). The Labute approximate surface area is 109 Å². The molecule has 1 aromatic rings. The summed E-state index contributed by atoms with van der Waals surface area (Å²) in [5, 5.41) is 12.5. The van der Waals surface area contributed by atoms with E-state index in [9.17, 15) is 0 Å². The monoisotopic (exact) mass is 253 g/mol. The van der Waals surface area contributed by atoms with Crippen molar-refractivity contribution in [3.63, 3.8) is 0 Å². The topological polar surface area (TPSA) is 32.3 Å². The number of thioether (sulfide) groups is 1. The zero-order chi connectivity index (χ0) is 12.5. The van der Waals surface area contributed by atoms with Crippen molar-refractivity contribution in [3.8, 4) is 0 Å². The molecule has 0 amide bonds. The molecule has 0 saturated heterocycles. The number of hydrogen-bond donors (Lipinski definition) is 2. The Bertz CT molecular complexity index is 296. The van der Waals surface area contributed by atoms with E-state index < -0.39 is 0 Å². The highest BCUT2D eigenvalue weighted by Gasteiger charge is 2.02. The molecular weight excluding hydrogens is 230 g/mol. The first-order valence-electron chi connectivity index (χ1n) is 6.24. The molecule has 2 N–H and O–H groups in total. The van der Waals surface area contributed by atoms with Gasteiger partial charge in [-0.05, 0) is 49.3 Å². The zero-order valence-corrected chi connectivity index (χ0v) is 11.6. The fraction of sp³-hybridized carbons (Fsp3) is 0.571. The van der Waals surface area contributed by atoms with E-state index in [1.54, 1.807) is 11.8 Å². The van der Waals surface area contributed by atoms with Crippen LogP contribution in [0.25, 0.3) is 0 Å². The standard InChI is InChI=1S/C14H23NOS/c1-3-12(11-16)10-15-9-8-13-4-6-14(17-2)7-5-13/h4-7,12,15-16H,3,8-11H2,1-2H3. The number of aliphatic hydroxyl groups excluding tert-OH is 1. The van der Waals surface area contributed by atoms with E-state index in [0.29, 0.717) is 5.92 Å². The minimum atomic E-state index is 0.284. The lowest BCUT2D eigenvalue weighted by molar-refractivity contribution is 0.219. The Balaban J connectivity index is 2.21. The van der Waals surface area contributed by atoms with E-state index in [1.807, 2.05) is 0 Å². The van der Waals surface area contributed by atoms with E-state index >= 15 is 0 Å². The van der Waals surface area contributed by atoms with Crippen molar-refractivity contribution in [2.24, 2.45) is 5.92 Å². The second-order valence-corrected chi connectivity index (χ2v) is 5.14. The predicted octanol–water partition coefficient (Wildman–Crippen LogP) is 2.56. The molecule has 0 aromatic heterocycles. The Morgan fingerprint density at radius 2 is 2.00 bits per heavy atom. The molecule has 2 nitrogen and oxygen atoms in total. The molecular formula is C14H23NOS. The van der Waals surface area contributed by atoms with Gasteiger partial charge in [0.05, 0.1) is 0 Å². The van der Waals surface area contributed by atoms with Crippen molar-refractivity contribution in [1.82, 2.24) is 5.32 Å². The maximum Gasteiger partial charge on any atom is 0.0471 e. The largest absolute Gasteiger partial charge is 0.396 e. The predicted molar refractivity (Wildman–Crippen MR) is 75.7 cm³/mol. The molecule has 0 fully saturated rings. The molecule has 1 atom stereocenters. The molecule has 0 heterocycles. The van der Waals surface area contributed by atoms with Crippen molar-refractivity contribution in [2.75, 3.05) is 26.0 Å². The van der Waals surface area contributed by atoms with Crippen LogP contribution >= 0.6 is 11.8 Å². The number of hydrogen-bond acceptors (Lipinski definition) is 3. The molecule has 1 unspecified atom stereocenters. The van der Waals surface area contributed by atoms with E-state index in [0.717, 1.165) is 25.9 Å². The van der Waals surface area contributed by atoms with Crippen LogP contribution in [0, 0.1) is 5.92 Å². The van der Waals surface area contributed by atoms with Crippen LogP contribution in [-0.2, 0) is 6.42 Å². The lowest BCUT2D eigenvalue weighted by Gasteiger charge is -2.12. The second kappa shape index (κ2) is 8.56. The molecule has 0 aliphatic carbocycles. The van der Waals surface area contributed by atoms with Gasteiger partial charge >= 0.3 is 0 Å². The van der Waals surface area contributed by atoms with Crippen molar-refractivity contribution in [1.29, 1.82) is 0 Å². The molecule has 0 saturated carbocycles. The van der Waals surface area contributed by atoms with Gasteiger partial charge in [0, 0.05) is 18.0 Å². The van der Waals surface area contributed by atoms with Crippen molar-refractivity contribution in [3.05, 3.63) is 29.8 Å². The smallest absolute Gasteiger partial charge is 0.0471 e. The average Bonchev–Trinajstić information content (AvgIpc) is 2.40. The summed E-state index contributed by atoms with van der Waals surface area (Å²) < 4.78 is 0. The van der Waals surface area contributed by atoms with Gasteiger partial charge in [0.15, 0.2) is 0 Å². The lowest BCUT2D eigenvalue weighted by Crippen LogP contribution is -2.26. The van der Waals surface area contributed by atoms with Gasteiger partial charge < -0.3 is 10.4 Å². The van der Waals surface area contributed by atoms with Gasteiger partial charge in [0.1, 0.15) is 0 Å². The summed E-state index contributed by atoms with van der Waals surface area (Å²) >= 11 is 1.77. The molecule has 0 radical (unpaired) electrons. The molecule has 0 bridgehead atoms. The summed E-state index contributed by atoms with van der Waals surface area (Å²) in [6.45, 7) is 4.29. The first-order valence-corrected chi connectivity index (χ1v) is 7.47. The summed E-state index contributed by atoms with van der Waals surface area (Å²) in [7, 11) is 0. The molecule has 3 heteroatoms. The third-order valence-electron chi connectivity index (χ3n) is 3.02. The fourth-order valence-corrected chi connectivity index (χ4v) is 2.08. The van der Waals surface area contributed by atoms with Gasteiger partial charge in [0.25, 0.3) is 0 Å². The third-order valence-corrected chi connectivity index (χ3v) is 3.76. The quantitative estimate of drug-likeness (QED) is 0.552. The van der Waals surface area contributed by atoms with Crippen LogP contribution in [0.5, 0.6) is 0 Å². The van der Waals surface area contributed by atoms with Crippen LogP contribution in [-0.4, -0.2) is 31.1 Å². The molecule has 0 spiro atoms. The van der Waals surface area contributed by atoms with Gasteiger partial charge in [-0.25, -0.2) is 0 Å². The normalized spacial score (nSPS) is 12.6. The minimum Gasteiger partial charge on any atom is -0.396 e. The van der Waals surface area contributed by atoms with Crippen LogP contribution < -0.4 is 5.32 Å². The highest BCUT2D eigenvalue weighted by atomic mass is 32.2. The van der Waals surface area contributed by atoms with Crippen molar-refractivity contribution >= 4 is 11.8 Å². The number of rotatable bonds is 8. The summed E-state index contributed by atoms with van der Waals surface area (Å²) in [5.74, 6) is 0.397. The van der Waals surface area contributed by atoms with E-state index in [2.05, 4.69) is 42.8 Å². The average molecular weight is 253 g/mol. The molecule has 17 heavy (non-hydrogen) atoms. The number of benzene rings is 1.